The zero-order chi connectivity index (χ0) is 11.8. The van der Waals surface area contributed by atoms with E-state index < -0.39 is 36.1 Å². The van der Waals surface area contributed by atoms with E-state index in [9.17, 15) is 38.7 Å². The number of rotatable bonds is 3. The number of alkyl halides is 3. The van der Waals surface area contributed by atoms with Crippen molar-refractivity contribution in [1.29, 1.82) is 0 Å². The van der Waals surface area contributed by atoms with Gasteiger partial charge in [-0.2, -0.15) is 30.0 Å². The molecule has 0 aliphatic heterocycles. The zero-order valence-electron chi connectivity index (χ0n) is 5.89. The van der Waals surface area contributed by atoms with Crippen LogP contribution in [0.25, 0.3) is 0 Å². The summed E-state index contributed by atoms with van der Waals surface area (Å²) in [6.07, 6.45) is -1.31. The second-order valence-electron chi connectivity index (χ2n) is 1.72. The summed E-state index contributed by atoms with van der Waals surface area (Å²) in [5.41, 5.74) is -6.08. The zero-order valence-corrected chi connectivity index (χ0v) is 7.53. The number of hydrogen-bond acceptors (Lipinski definition) is 5. The fourth-order valence-electron chi connectivity index (χ4n) is 0.327. The van der Waals surface area contributed by atoms with E-state index >= 15 is 0 Å². The first-order valence-electron chi connectivity index (χ1n) is 2.45. The monoisotopic (exact) mass is 283 g/mol. The summed E-state index contributed by atoms with van der Waals surface area (Å²) in [7, 11) is -12.8. The quantitative estimate of drug-likeness (QED) is 0.283. The van der Waals surface area contributed by atoms with Gasteiger partial charge in [-0.15, -0.1) is 0 Å². The Bertz CT molecular complexity index is 424. The van der Waals surface area contributed by atoms with Crippen molar-refractivity contribution < 1.29 is 38.7 Å². The second-order valence-corrected chi connectivity index (χ2v) is 4.98. The van der Waals surface area contributed by atoms with Crippen LogP contribution in [0.5, 0.6) is 0 Å². The van der Waals surface area contributed by atoms with E-state index in [0.717, 1.165) is 0 Å². The van der Waals surface area contributed by atoms with Crippen molar-refractivity contribution in [3.63, 3.8) is 0 Å². The van der Waals surface area contributed by atoms with Crippen molar-refractivity contribution in [2.75, 3.05) is 0 Å². The van der Waals surface area contributed by atoms with E-state index in [2.05, 4.69) is 0 Å². The predicted molar refractivity (Wildman–Crippen MR) is 40.1 cm³/mol. The molecule has 0 spiro atoms. The van der Waals surface area contributed by atoms with Gasteiger partial charge in [-0.25, -0.2) is 0 Å². The van der Waals surface area contributed by atoms with Crippen LogP contribution in [0.1, 0.15) is 0 Å². The Labute approximate surface area is 104 Å². The summed E-state index contributed by atoms with van der Waals surface area (Å²) >= 11 is 0. The third kappa shape index (κ3) is 3.86. The molecular weight excluding hydrogens is 281 g/mol. The Kier molecular flexibility index (Phi) is 5.77. The maximum atomic E-state index is 11.9. The summed E-state index contributed by atoms with van der Waals surface area (Å²) in [6, 6.07) is 0. The number of hydrogen-bond donors (Lipinski definition) is 0. The van der Waals surface area contributed by atoms with Crippen LogP contribution in [0.2, 0.25) is 0 Å². The molecule has 0 saturated carbocycles. The molecule has 0 aromatic rings. The Morgan fingerprint density at radius 3 is 1.47 bits per heavy atom. The average Bonchev–Trinajstić information content (AvgIpc) is 1.80. The Balaban J connectivity index is 0. The van der Waals surface area contributed by atoms with Gasteiger partial charge in [0.1, 0.15) is 0 Å². The number of sulfonamides is 1. The van der Waals surface area contributed by atoms with Crippen molar-refractivity contribution >= 4 is 56.4 Å². The molecule has 0 bridgehead atoms. The van der Waals surface area contributed by atoms with Gasteiger partial charge in [-0.05, 0) is 0 Å². The third-order valence-electron chi connectivity index (χ3n) is 0.830. The van der Waals surface area contributed by atoms with Gasteiger partial charge < -0.3 is 0 Å². The summed E-state index contributed by atoms with van der Waals surface area (Å²) in [6.45, 7) is 0. The molecule has 0 aromatic carbocycles. The molecule has 15 heavy (non-hydrogen) atoms. The van der Waals surface area contributed by atoms with Crippen LogP contribution >= 0.6 is 0 Å². The van der Waals surface area contributed by atoms with Gasteiger partial charge in [0, 0.05) is 0 Å². The fourth-order valence-corrected chi connectivity index (χ4v) is 1.94. The molecule has 86 valence electrons. The molecule has 1 amide bonds. The molecule has 0 rings (SSSR count). The first kappa shape index (κ1) is 17.5. The van der Waals surface area contributed by atoms with E-state index in [-0.39, 0.29) is 29.6 Å². The minimum atomic E-state index is -6.54. The van der Waals surface area contributed by atoms with E-state index in [1.54, 1.807) is 0 Å². The van der Waals surface area contributed by atoms with E-state index in [0.29, 0.717) is 0 Å². The van der Waals surface area contributed by atoms with Gasteiger partial charge in [-0.3, -0.25) is 4.79 Å². The molecule has 0 aromatic heterocycles. The van der Waals surface area contributed by atoms with Crippen LogP contribution in [-0.4, -0.2) is 62.0 Å². The van der Waals surface area contributed by atoms with Gasteiger partial charge in [0.25, 0.3) is 0 Å². The van der Waals surface area contributed by atoms with Crippen molar-refractivity contribution in [2.24, 2.45) is 0 Å². The molecular formula is C2H2F4NNaO5S2. The van der Waals surface area contributed by atoms with Gasteiger partial charge >= 0.3 is 55.5 Å². The molecule has 0 radical (unpaired) electrons. The Hall–Kier alpha value is 0.0900. The van der Waals surface area contributed by atoms with E-state index in [1.165, 1.54) is 0 Å². The van der Waals surface area contributed by atoms with Crippen molar-refractivity contribution in [1.82, 2.24) is 3.71 Å². The van der Waals surface area contributed by atoms with Crippen LogP contribution in [0.15, 0.2) is 0 Å². The van der Waals surface area contributed by atoms with Crippen LogP contribution in [0, 0.1) is 0 Å². The topological polar surface area (TPSA) is 88.6 Å². The van der Waals surface area contributed by atoms with Crippen LogP contribution in [-0.2, 0) is 25.2 Å². The first-order chi connectivity index (χ1) is 5.94. The van der Waals surface area contributed by atoms with Crippen LogP contribution < -0.4 is 0 Å². The molecule has 13 heteroatoms. The number of nitrogens with zero attached hydrogens (tertiary/aromatic N) is 1. The van der Waals surface area contributed by atoms with Gasteiger partial charge in [0.15, 0.2) is 0 Å². The number of carbonyl (C=O) groups is 1. The van der Waals surface area contributed by atoms with Crippen molar-refractivity contribution in [3.8, 4) is 0 Å². The molecule has 0 aliphatic rings. The number of carbonyl (C=O) groups excluding carboxylic acids is 1. The van der Waals surface area contributed by atoms with Gasteiger partial charge in [0.2, 0.25) is 6.41 Å². The average molecular weight is 283 g/mol. The Morgan fingerprint density at radius 2 is 1.40 bits per heavy atom. The third-order valence-corrected chi connectivity index (χ3v) is 3.61. The molecule has 0 fully saturated rings. The van der Waals surface area contributed by atoms with Crippen LogP contribution in [0.3, 0.4) is 0 Å². The Morgan fingerprint density at radius 1 is 1.07 bits per heavy atom. The van der Waals surface area contributed by atoms with Gasteiger partial charge in [-0.1, -0.05) is 7.60 Å². The maximum absolute atomic E-state index is 11.9. The molecule has 0 N–H and O–H groups in total. The first-order valence-corrected chi connectivity index (χ1v) is 5.23. The minimum absolute atomic E-state index is 0. The SMILES string of the molecule is O=CN(S(=O)(=O)F)S(=O)(=O)C(F)(F)F.[NaH]. The summed E-state index contributed by atoms with van der Waals surface area (Å²) in [4.78, 5) is 9.67. The van der Waals surface area contributed by atoms with E-state index in [4.69, 9.17) is 0 Å². The van der Waals surface area contributed by atoms with Gasteiger partial charge in [0.05, 0.1) is 0 Å². The van der Waals surface area contributed by atoms with E-state index in [1.807, 2.05) is 0 Å². The molecule has 0 heterocycles. The molecule has 0 unspecified atom stereocenters. The molecule has 0 atom stereocenters. The van der Waals surface area contributed by atoms with Crippen molar-refractivity contribution in [2.45, 2.75) is 5.51 Å². The molecule has 0 saturated heterocycles. The van der Waals surface area contributed by atoms with Crippen LogP contribution in [0.4, 0.5) is 17.1 Å². The summed E-state index contributed by atoms with van der Waals surface area (Å²) < 4.78 is 84.6. The predicted octanol–water partition coefficient (Wildman–Crippen LogP) is -1.14. The second kappa shape index (κ2) is 4.95. The number of amides is 1. The number of halogens is 4. The van der Waals surface area contributed by atoms with Crippen molar-refractivity contribution in [3.05, 3.63) is 0 Å². The summed E-state index contributed by atoms with van der Waals surface area (Å²) in [5.74, 6) is 0. The fraction of sp³-hybridized carbons (Fsp3) is 0.500. The summed E-state index contributed by atoms with van der Waals surface area (Å²) in [5, 5.41) is 0. The standard InChI is InChI=1S/C2HF4NO5S2.Na.H/c3-2(4,5)13(9,10)7(1-8)14(6,11)12;;/h1H;;. The molecule has 6 nitrogen and oxygen atoms in total. The normalized spacial score (nSPS) is 12.8. The molecule has 0 aliphatic carbocycles.